The molecule has 0 atom stereocenters. The Bertz CT molecular complexity index is 629. The molecule has 2 aromatic rings. The first-order chi connectivity index (χ1) is 10.6. The van der Waals surface area contributed by atoms with Crippen molar-refractivity contribution in [1.82, 2.24) is 14.9 Å². The number of nitrogens with two attached hydrogens (primary N) is 1. The van der Waals surface area contributed by atoms with Crippen LogP contribution in [0.15, 0.2) is 36.5 Å². The van der Waals surface area contributed by atoms with Gasteiger partial charge in [-0.25, -0.2) is 4.98 Å². The van der Waals surface area contributed by atoms with Crippen LogP contribution in [0, 0.1) is 0 Å². The monoisotopic (exact) mass is 300 g/mol. The lowest BCUT2D eigenvalue weighted by molar-refractivity contribution is 0.100. The maximum atomic E-state index is 11.5. The standard InChI is InChI=1S/C15H20N6O/c1-21(2)9-8-17-15-18-10-12(13(16)22)14(20-15)19-11-6-4-3-5-7-11/h3-7,10H,8-9H2,1-2H3,(H2,16,22)(H2,17,18,19,20). The largest absolute Gasteiger partial charge is 0.365 e. The van der Waals surface area contributed by atoms with Crippen molar-refractivity contribution in [2.75, 3.05) is 37.8 Å². The summed E-state index contributed by atoms with van der Waals surface area (Å²) in [5.74, 6) is 0.268. The average Bonchev–Trinajstić information content (AvgIpc) is 2.48. The number of nitrogens with one attached hydrogen (secondary N) is 2. The fourth-order valence-electron chi connectivity index (χ4n) is 1.79. The van der Waals surface area contributed by atoms with Crippen LogP contribution in [0.4, 0.5) is 17.5 Å². The number of primary amides is 1. The number of aromatic nitrogens is 2. The molecule has 116 valence electrons. The summed E-state index contributed by atoms with van der Waals surface area (Å²) < 4.78 is 0. The molecule has 0 aliphatic heterocycles. The van der Waals surface area contributed by atoms with Crippen LogP contribution in [-0.4, -0.2) is 48.0 Å². The molecule has 1 aromatic heterocycles. The summed E-state index contributed by atoms with van der Waals surface area (Å²) >= 11 is 0. The van der Waals surface area contributed by atoms with Gasteiger partial charge in [-0.3, -0.25) is 4.79 Å². The number of amides is 1. The van der Waals surface area contributed by atoms with Crippen LogP contribution in [0.5, 0.6) is 0 Å². The number of anilines is 3. The number of hydrogen-bond acceptors (Lipinski definition) is 6. The molecule has 1 aromatic carbocycles. The van der Waals surface area contributed by atoms with E-state index in [0.29, 0.717) is 18.3 Å². The van der Waals surface area contributed by atoms with E-state index >= 15 is 0 Å². The van der Waals surface area contributed by atoms with Crippen LogP contribution in [-0.2, 0) is 0 Å². The molecular formula is C15H20N6O. The summed E-state index contributed by atoms with van der Waals surface area (Å²) in [4.78, 5) is 22.0. The normalized spacial score (nSPS) is 10.5. The summed E-state index contributed by atoms with van der Waals surface area (Å²) in [6, 6.07) is 9.46. The van der Waals surface area contributed by atoms with Gasteiger partial charge < -0.3 is 21.3 Å². The lowest BCUT2D eigenvalue weighted by atomic mass is 10.2. The van der Waals surface area contributed by atoms with Gasteiger partial charge in [-0.2, -0.15) is 4.98 Å². The van der Waals surface area contributed by atoms with E-state index in [4.69, 9.17) is 5.73 Å². The molecule has 1 amide bonds. The molecule has 22 heavy (non-hydrogen) atoms. The fraction of sp³-hybridized carbons (Fsp3) is 0.267. The van der Waals surface area contributed by atoms with Crippen LogP contribution >= 0.6 is 0 Å². The second kappa shape index (κ2) is 7.37. The highest BCUT2D eigenvalue weighted by molar-refractivity contribution is 5.98. The lowest BCUT2D eigenvalue weighted by Crippen LogP contribution is -2.22. The van der Waals surface area contributed by atoms with Crippen molar-refractivity contribution in [3.8, 4) is 0 Å². The number of nitrogens with zero attached hydrogens (tertiary/aromatic N) is 3. The van der Waals surface area contributed by atoms with Gasteiger partial charge in [0.05, 0.1) is 0 Å². The quantitative estimate of drug-likeness (QED) is 0.713. The Morgan fingerprint density at radius 3 is 2.64 bits per heavy atom. The van der Waals surface area contributed by atoms with Gasteiger partial charge in [0.15, 0.2) is 0 Å². The Labute approximate surface area is 129 Å². The zero-order valence-electron chi connectivity index (χ0n) is 12.7. The molecule has 0 spiro atoms. The first kappa shape index (κ1) is 15.7. The minimum atomic E-state index is -0.571. The SMILES string of the molecule is CN(C)CCNc1ncc(C(N)=O)c(Nc2ccccc2)n1. The summed E-state index contributed by atoms with van der Waals surface area (Å²) in [6.07, 6.45) is 1.43. The van der Waals surface area contributed by atoms with Crippen molar-refractivity contribution in [1.29, 1.82) is 0 Å². The second-order valence-corrected chi connectivity index (χ2v) is 5.04. The molecule has 0 radical (unpaired) electrons. The molecule has 0 fully saturated rings. The minimum absolute atomic E-state index is 0.252. The molecule has 1 heterocycles. The van der Waals surface area contributed by atoms with Gasteiger partial charge in [-0.05, 0) is 26.2 Å². The molecule has 2 rings (SSSR count). The number of likely N-dealkylation sites (N-methyl/N-ethyl adjacent to an activating group) is 1. The van der Waals surface area contributed by atoms with Crippen molar-refractivity contribution in [3.05, 3.63) is 42.1 Å². The molecule has 7 nitrogen and oxygen atoms in total. The van der Waals surface area contributed by atoms with E-state index in [1.165, 1.54) is 6.20 Å². The molecule has 0 saturated carbocycles. The Hall–Kier alpha value is -2.67. The molecule has 0 aliphatic rings. The molecule has 0 aliphatic carbocycles. The Morgan fingerprint density at radius 2 is 2.00 bits per heavy atom. The van der Waals surface area contributed by atoms with Crippen LogP contribution in [0.1, 0.15) is 10.4 Å². The lowest BCUT2D eigenvalue weighted by Gasteiger charge is -2.13. The van der Waals surface area contributed by atoms with Crippen LogP contribution < -0.4 is 16.4 Å². The Balaban J connectivity index is 2.18. The summed E-state index contributed by atoms with van der Waals surface area (Å²) in [5.41, 5.74) is 6.45. The Morgan fingerprint density at radius 1 is 1.27 bits per heavy atom. The zero-order chi connectivity index (χ0) is 15.9. The van der Waals surface area contributed by atoms with Gasteiger partial charge in [0.25, 0.3) is 5.91 Å². The number of para-hydroxylation sites is 1. The maximum absolute atomic E-state index is 11.5. The van der Waals surface area contributed by atoms with E-state index in [9.17, 15) is 4.79 Å². The van der Waals surface area contributed by atoms with E-state index < -0.39 is 5.91 Å². The molecule has 0 bridgehead atoms. The number of hydrogen-bond donors (Lipinski definition) is 3. The molecule has 0 unspecified atom stereocenters. The van der Waals surface area contributed by atoms with Gasteiger partial charge in [0.2, 0.25) is 5.95 Å². The van der Waals surface area contributed by atoms with Gasteiger partial charge in [-0.1, -0.05) is 18.2 Å². The molecule has 0 saturated heterocycles. The highest BCUT2D eigenvalue weighted by Gasteiger charge is 2.12. The van der Waals surface area contributed by atoms with Crippen LogP contribution in [0.3, 0.4) is 0 Å². The predicted molar refractivity (Wildman–Crippen MR) is 87.3 cm³/mol. The minimum Gasteiger partial charge on any atom is -0.365 e. The van der Waals surface area contributed by atoms with Gasteiger partial charge >= 0.3 is 0 Å². The highest BCUT2D eigenvalue weighted by Crippen LogP contribution is 2.19. The molecule has 4 N–H and O–H groups in total. The van der Waals surface area contributed by atoms with Crippen molar-refractivity contribution in [2.45, 2.75) is 0 Å². The van der Waals surface area contributed by atoms with E-state index in [1.807, 2.05) is 49.3 Å². The van der Waals surface area contributed by atoms with E-state index in [-0.39, 0.29) is 5.56 Å². The summed E-state index contributed by atoms with van der Waals surface area (Å²) in [7, 11) is 3.97. The van der Waals surface area contributed by atoms with Crippen molar-refractivity contribution >= 4 is 23.4 Å². The topological polar surface area (TPSA) is 96.2 Å². The summed E-state index contributed by atoms with van der Waals surface area (Å²) in [5, 5.41) is 6.20. The molecular weight excluding hydrogens is 280 g/mol. The number of rotatable bonds is 7. The first-order valence-corrected chi connectivity index (χ1v) is 6.94. The highest BCUT2D eigenvalue weighted by atomic mass is 16.1. The number of carbonyl (C=O) groups excluding carboxylic acids is 1. The van der Waals surface area contributed by atoms with E-state index in [2.05, 4.69) is 20.6 Å². The second-order valence-electron chi connectivity index (χ2n) is 5.04. The van der Waals surface area contributed by atoms with Gasteiger partial charge in [-0.15, -0.1) is 0 Å². The van der Waals surface area contributed by atoms with Gasteiger partial charge in [0, 0.05) is 25.0 Å². The Kier molecular flexibility index (Phi) is 5.26. The summed E-state index contributed by atoms with van der Waals surface area (Å²) in [6.45, 7) is 1.55. The molecule has 7 heteroatoms. The van der Waals surface area contributed by atoms with Gasteiger partial charge in [0.1, 0.15) is 11.4 Å². The third-order valence-electron chi connectivity index (χ3n) is 2.93. The van der Waals surface area contributed by atoms with Crippen molar-refractivity contribution in [2.24, 2.45) is 5.73 Å². The van der Waals surface area contributed by atoms with E-state index in [1.54, 1.807) is 0 Å². The van der Waals surface area contributed by atoms with Crippen molar-refractivity contribution < 1.29 is 4.79 Å². The first-order valence-electron chi connectivity index (χ1n) is 6.94. The third kappa shape index (κ3) is 4.42. The zero-order valence-corrected chi connectivity index (χ0v) is 12.7. The third-order valence-corrected chi connectivity index (χ3v) is 2.93. The fourth-order valence-corrected chi connectivity index (χ4v) is 1.79. The number of benzene rings is 1. The smallest absolute Gasteiger partial charge is 0.254 e. The van der Waals surface area contributed by atoms with E-state index in [0.717, 1.165) is 12.2 Å². The maximum Gasteiger partial charge on any atom is 0.254 e. The average molecular weight is 300 g/mol. The van der Waals surface area contributed by atoms with Crippen molar-refractivity contribution in [3.63, 3.8) is 0 Å². The predicted octanol–water partition coefficient (Wildman–Crippen LogP) is 1.29. The van der Waals surface area contributed by atoms with Crippen LogP contribution in [0.25, 0.3) is 0 Å². The van der Waals surface area contributed by atoms with Crippen LogP contribution in [0.2, 0.25) is 0 Å². The number of carbonyl (C=O) groups is 1.